The highest BCUT2D eigenvalue weighted by Crippen LogP contribution is 2.27. The second-order valence-electron chi connectivity index (χ2n) is 4.17. The van der Waals surface area contributed by atoms with E-state index < -0.39 is 15.8 Å². The van der Waals surface area contributed by atoms with E-state index in [0.29, 0.717) is 0 Å². The van der Waals surface area contributed by atoms with Crippen molar-refractivity contribution in [2.75, 3.05) is 17.1 Å². The second kappa shape index (κ2) is 5.01. The Hall–Kier alpha value is -2.28. The van der Waals surface area contributed by atoms with Crippen LogP contribution < -0.4 is 10.0 Å². The number of hydrogen-bond donors (Lipinski definition) is 2. The molecule has 0 aliphatic heterocycles. The number of nitrogens with zero attached hydrogens (tertiary/aromatic N) is 1. The lowest BCUT2D eigenvalue weighted by Crippen LogP contribution is -2.26. The summed E-state index contributed by atoms with van der Waals surface area (Å²) in [5.74, 6) is -0.730. The third kappa shape index (κ3) is 2.53. The SMILES string of the molecule is CN(c1cccc(F)c1)S(=O)(=O)c1ccc(O)c(N)c1. The van der Waals surface area contributed by atoms with E-state index in [4.69, 9.17) is 5.73 Å². The van der Waals surface area contributed by atoms with Gasteiger partial charge < -0.3 is 10.8 Å². The molecule has 0 aromatic heterocycles. The van der Waals surface area contributed by atoms with E-state index in [2.05, 4.69) is 0 Å². The van der Waals surface area contributed by atoms with Gasteiger partial charge in [0.1, 0.15) is 11.6 Å². The third-order valence-corrected chi connectivity index (χ3v) is 4.61. The summed E-state index contributed by atoms with van der Waals surface area (Å²) in [6.07, 6.45) is 0. The lowest BCUT2D eigenvalue weighted by Gasteiger charge is -2.19. The molecule has 0 fully saturated rings. The van der Waals surface area contributed by atoms with Crippen LogP contribution in [0.2, 0.25) is 0 Å². The first-order valence-corrected chi connectivity index (χ1v) is 7.09. The average molecular weight is 296 g/mol. The number of phenols is 1. The zero-order valence-corrected chi connectivity index (χ0v) is 11.4. The highest BCUT2D eigenvalue weighted by Gasteiger charge is 2.22. The van der Waals surface area contributed by atoms with Crippen molar-refractivity contribution in [3.05, 3.63) is 48.3 Å². The summed E-state index contributed by atoms with van der Waals surface area (Å²) >= 11 is 0. The van der Waals surface area contributed by atoms with Crippen molar-refractivity contribution in [2.45, 2.75) is 4.90 Å². The maximum Gasteiger partial charge on any atom is 0.264 e. The lowest BCUT2D eigenvalue weighted by molar-refractivity contribution is 0.477. The summed E-state index contributed by atoms with van der Waals surface area (Å²) in [7, 11) is -2.56. The maximum absolute atomic E-state index is 13.2. The number of rotatable bonds is 3. The first kappa shape index (κ1) is 14.1. The Morgan fingerprint density at radius 3 is 2.50 bits per heavy atom. The molecule has 0 heterocycles. The molecule has 0 unspecified atom stereocenters. The minimum absolute atomic E-state index is 0.0429. The minimum Gasteiger partial charge on any atom is -0.506 e. The molecule has 3 N–H and O–H groups in total. The van der Waals surface area contributed by atoms with Crippen LogP contribution in [0.15, 0.2) is 47.4 Å². The molecule has 5 nitrogen and oxygen atoms in total. The Morgan fingerprint density at radius 1 is 1.20 bits per heavy atom. The molecule has 2 aromatic carbocycles. The quantitative estimate of drug-likeness (QED) is 0.669. The lowest BCUT2D eigenvalue weighted by atomic mass is 10.3. The maximum atomic E-state index is 13.2. The largest absolute Gasteiger partial charge is 0.506 e. The van der Waals surface area contributed by atoms with Gasteiger partial charge in [0.2, 0.25) is 0 Å². The van der Waals surface area contributed by atoms with Crippen molar-refractivity contribution >= 4 is 21.4 Å². The van der Waals surface area contributed by atoms with Crippen molar-refractivity contribution in [2.24, 2.45) is 0 Å². The Balaban J connectivity index is 2.46. The zero-order valence-electron chi connectivity index (χ0n) is 10.6. The van der Waals surface area contributed by atoms with Crippen molar-refractivity contribution in [3.63, 3.8) is 0 Å². The third-order valence-electron chi connectivity index (χ3n) is 2.83. The number of nitrogen functional groups attached to an aromatic ring is 1. The molecule has 0 amide bonds. The number of sulfonamides is 1. The molecule has 2 rings (SSSR count). The van der Waals surface area contributed by atoms with E-state index in [0.717, 1.165) is 16.4 Å². The van der Waals surface area contributed by atoms with Gasteiger partial charge in [0.15, 0.2) is 0 Å². The highest BCUT2D eigenvalue weighted by atomic mass is 32.2. The summed E-state index contributed by atoms with van der Waals surface area (Å²) in [4.78, 5) is -0.0837. The van der Waals surface area contributed by atoms with Crippen LogP contribution in [0.3, 0.4) is 0 Å². The fraction of sp³-hybridized carbons (Fsp3) is 0.0769. The normalized spacial score (nSPS) is 11.3. The molecule has 0 saturated carbocycles. The topological polar surface area (TPSA) is 83.6 Å². The van der Waals surface area contributed by atoms with Gasteiger partial charge in [-0.1, -0.05) is 6.07 Å². The fourth-order valence-corrected chi connectivity index (χ4v) is 2.89. The first-order chi connectivity index (χ1) is 9.32. The van der Waals surface area contributed by atoms with Gasteiger partial charge in [-0.25, -0.2) is 12.8 Å². The number of hydrogen-bond acceptors (Lipinski definition) is 4. The van der Waals surface area contributed by atoms with Crippen LogP contribution in [0.1, 0.15) is 0 Å². The van der Waals surface area contributed by atoms with Crippen LogP contribution in [-0.4, -0.2) is 20.6 Å². The Labute approximate surface area is 116 Å². The number of halogens is 1. The highest BCUT2D eigenvalue weighted by molar-refractivity contribution is 7.92. The summed E-state index contributed by atoms with van der Waals surface area (Å²) in [6, 6.07) is 8.81. The fourth-order valence-electron chi connectivity index (χ4n) is 1.66. The van der Waals surface area contributed by atoms with Gasteiger partial charge in [0, 0.05) is 7.05 Å². The van der Waals surface area contributed by atoms with E-state index in [-0.39, 0.29) is 22.0 Å². The van der Waals surface area contributed by atoms with Crippen molar-refractivity contribution in [3.8, 4) is 5.75 Å². The molecule has 2 aromatic rings. The Morgan fingerprint density at radius 2 is 1.90 bits per heavy atom. The monoisotopic (exact) mass is 296 g/mol. The molecule has 106 valence electrons. The van der Waals surface area contributed by atoms with Gasteiger partial charge >= 0.3 is 0 Å². The average Bonchev–Trinajstić information content (AvgIpc) is 2.40. The molecular weight excluding hydrogens is 283 g/mol. The molecule has 0 aliphatic carbocycles. The van der Waals surface area contributed by atoms with E-state index >= 15 is 0 Å². The molecule has 20 heavy (non-hydrogen) atoms. The molecule has 0 saturated heterocycles. The Bertz CT molecular complexity index is 747. The number of nitrogens with two attached hydrogens (primary N) is 1. The number of aromatic hydroxyl groups is 1. The minimum atomic E-state index is -3.87. The number of phenolic OH excluding ortho intramolecular Hbond substituents is 1. The standard InChI is InChI=1S/C13H13FN2O3S/c1-16(10-4-2-3-9(14)7-10)20(18,19)11-5-6-13(17)12(15)8-11/h2-8,17H,15H2,1H3. The predicted molar refractivity (Wildman–Crippen MR) is 74.5 cm³/mol. The predicted octanol–water partition coefficient (Wildman–Crippen LogP) is 1.94. The van der Waals surface area contributed by atoms with E-state index in [1.165, 1.54) is 37.4 Å². The van der Waals surface area contributed by atoms with E-state index in [9.17, 15) is 17.9 Å². The molecule has 0 bridgehead atoms. The summed E-state index contributed by atoms with van der Waals surface area (Å²) < 4.78 is 38.9. The summed E-state index contributed by atoms with van der Waals surface area (Å²) in [6.45, 7) is 0. The van der Waals surface area contributed by atoms with Gasteiger partial charge in [0.25, 0.3) is 10.0 Å². The van der Waals surface area contributed by atoms with Crippen LogP contribution in [-0.2, 0) is 10.0 Å². The molecular formula is C13H13FN2O3S. The molecule has 0 atom stereocenters. The molecule has 7 heteroatoms. The van der Waals surface area contributed by atoms with Gasteiger partial charge in [-0.2, -0.15) is 0 Å². The van der Waals surface area contributed by atoms with Crippen LogP contribution >= 0.6 is 0 Å². The van der Waals surface area contributed by atoms with E-state index in [1.807, 2.05) is 0 Å². The first-order valence-electron chi connectivity index (χ1n) is 5.65. The smallest absolute Gasteiger partial charge is 0.264 e. The molecule has 0 radical (unpaired) electrons. The molecule has 0 aliphatic rings. The number of benzene rings is 2. The van der Waals surface area contributed by atoms with Gasteiger partial charge in [-0.05, 0) is 36.4 Å². The van der Waals surface area contributed by atoms with Crippen molar-refractivity contribution < 1.29 is 17.9 Å². The molecule has 0 spiro atoms. The van der Waals surface area contributed by atoms with Crippen LogP contribution in [0, 0.1) is 5.82 Å². The number of anilines is 2. The van der Waals surface area contributed by atoms with Crippen LogP contribution in [0.5, 0.6) is 5.75 Å². The summed E-state index contributed by atoms with van der Waals surface area (Å²) in [5, 5.41) is 9.32. The van der Waals surface area contributed by atoms with Gasteiger partial charge in [-0.3, -0.25) is 4.31 Å². The Kier molecular flexibility index (Phi) is 3.54. The van der Waals surface area contributed by atoms with E-state index in [1.54, 1.807) is 0 Å². The van der Waals surface area contributed by atoms with Crippen LogP contribution in [0.4, 0.5) is 15.8 Å². The summed E-state index contributed by atoms with van der Waals surface area (Å²) in [5.41, 5.74) is 5.64. The van der Waals surface area contributed by atoms with Crippen molar-refractivity contribution in [1.29, 1.82) is 0 Å². The van der Waals surface area contributed by atoms with Gasteiger partial charge in [0.05, 0.1) is 16.3 Å². The van der Waals surface area contributed by atoms with Crippen molar-refractivity contribution in [1.82, 2.24) is 0 Å². The van der Waals surface area contributed by atoms with Gasteiger partial charge in [-0.15, -0.1) is 0 Å². The second-order valence-corrected chi connectivity index (χ2v) is 6.14. The van der Waals surface area contributed by atoms with Crippen LogP contribution in [0.25, 0.3) is 0 Å². The zero-order chi connectivity index (χ0) is 14.9.